The van der Waals surface area contributed by atoms with Crippen LogP contribution in [0.5, 0.6) is 0 Å². The first-order chi connectivity index (χ1) is 12.8. The zero-order valence-electron chi connectivity index (χ0n) is 14.0. The van der Waals surface area contributed by atoms with Crippen molar-refractivity contribution in [2.75, 3.05) is 19.6 Å². The van der Waals surface area contributed by atoms with Crippen LogP contribution in [0.4, 0.5) is 13.2 Å². The van der Waals surface area contributed by atoms with Crippen LogP contribution in [0.2, 0.25) is 5.02 Å². The first-order valence-electron chi connectivity index (χ1n) is 8.09. The maximum absolute atomic E-state index is 13.0. The highest BCUT2D eigenvalue weighted by atomic mass is 35.5. The predicted molar refractivity (Wildman–Crippen MR) is 92.0 cm³/mol. The minimum absolute atomic E-state index is 0.206. The first kappa shape index (κ1) is 19.2. The molecule has 0 bridgehead atoms. The molecule has 3 rings (SSSR count). The van der Waals surface area contributed by atoms with Crippen molar-refractivity contribution in [3.63, 3.8) is 0 Å². The molecule has 5 nitrogen and oxygen atoms in total. The molecule has 1 aliphatic heterocycles. The highest BCUT2D eigenvalue weighted by Crippen LogP contribution is 2.36. The molecule has 0 unspecified atom stereocenters. The van der Waals surface area contributed by atoms with Crippen LogP contribution in [0.15, 0.2) is 42.7 Å². The molecule has 1 aliphatic rings. The van der Waals surface area contributed by atoms with Gasteiger partial charge in [0, 0.05) is 32.0 Å². The second kappa shape index (κ2) is 7.56. The summed E-state index contributed by atoms with van der Waals surface area (Å²) in [6.45, 7) is 0.623. The van der Waals surface area contributed by atoms with Gasteiger partial charge in [-0.3, -0.25) is 14.6 Å². The Bertz CT molecular complexity index is 859. The number of rotatable bonds is 3. The SMILES string of the molecule is O=C1CN(C(=O)c2cccc(C(F)(F)F)c2Cl)CCN1Cc1cccnc1. The Labute approximate surface area is 158 Å². The summed E-state index contributed by atoms with van der Waals surface area (Å²) in [7, 11) is 0. The lowest BCUT2D eigenvalue weighted by atomic mass is 10.1. The van der Waals surface area contributed by atoms with Gasteiger partial charge in [0.15, 0.2) is 0 Å². The Morgan fingerprint density at radius 2 is 1.96 bits per heavy atom. The van der Waals surface area contributed by atoms with E-state index in [1.807, 2.05) is 6.07 Å². The summed E-state index contributed by atoms with van der Waals surface area (Å²) in [4.78, 5) is 31.7. The van der Waals surface area contributed by atoms with Crippen LogP contribution in [0, 0.1) is 0 Å². The largest absolute Gasteiger partial charge is 0.417 e. The van der Waals surface area contributed by atoms with Gasteiger partial charge in [-0.05, 0) is 23.8 Å². The number of carbonyl (C=O) groups excluding carboxylic acids is 2. The number of nitrogens with zero attached hydrogens (tertiary/aromatic N) is 3. The van der Waals surface area contributed by atoms with Gasteiger partial charge in [0.2, 0.25) is 5.91 Å². The van der Waals surface area contributed by atoms with Gasteiger partial charge in [-0.1, -0.05) is 23.7 Å². The number of alkyl halides is 3. The van der Waals surface area contributed by atoms with E-state index >= 15 is 0 Å². The number of aromatic nitrogens is 1. The topological polar surface area (TPSA) is 53.5 Å². The summed E-state index contributed by atoms with van der Waals surface area (Å²) in [6.07, 6.45) is -1.39. The lowest BCUT2D eigenvalue weighted by molar-refractivity contribution is -0.138. The van der Waals surface area contributed by atoms with Crippen molar-refractivity contribution in [1.82, 2.24) is 14.8 Å². The van der Waals surface area contributed by atoms with E-state index in [1.165, 1.54) is 11.0 Å². The first-order valence-corrected chi connectivity index (χ1v) is 8.47. The fourth-order valence-electron chi connectivity index (χ4n) is 2.85. The fourth-order valence-corrected chi connectivity index (χ4v) is 3.16. The van der Waals surface area contributed by atoms with E-state index in [4.69, 9.17) is 11.6 Å². The smallest absolute Gasteiger partial charge is 0.335 e. The highest BCUT2D eigenvalue weighted by molar-refractivity contribution is 6.34. The molecule has 142 valence electrons. The second-order valence-corrected chi connectivity index (χ2v) is 6.45. The van der Waals surface area contributed by atoms with Crippen LogP contribution in [-0.4, -0.2) is 46.2 Å². The monoisotopic (exact) mass is 397 g/mol. The average molecular weight is 398 g/mol. The van der Waals surface area contributed by atoms with Gasteiger partial charge in [-0.2, -0.15) is 13.2 Å². The number of carbonyl (C=O) groups is 2. The van der Waals surface area contributed by atoms with Gasteiger partial charge < -0.3 is 9.80 Å². The van der Waals surface area contributed by atoms with E-state index in [2.05, 4.69) is 4.98 Å². The fraction of sp³-hybridized carbons (Fsp3) is 0.278. The van der Waals surface area contributed by atoms with Crippen LogP contribution >= 0.6 is 11.6 Å². The summed E-state index contributed by atoms with van der Waals surface area (Å²) in [5.41, 5.74) is -0.483. The predicted octanol–water partition coefficient (Wildman–Crippen LogP) is 3.24. The van der Waals surface area contributed by atoms with Crippen LogP contribution in [0.1, 0.15) is 21.5 Å². The highest BCUT2D eigenvalue weighted by Gasteiger charge is 2.36. The van der Waals surface area contributed by atoms with E-state index in [-0.39, 0.29) is 31.1 Å². The molecule has 9 heteroatoms. The number of hydrogen-bond donors (Lipinski definition) is 0. The number of benzene rings is 1. The lowest BCUT2D eigenvalue weighted by Crippen LogP contribution is -2.51. The molecule has 0 aliphatic carbocycles. The van der Waals surface area contributed by atoms with E-state index in [0.717, 1.165) is 17.7 Å². The lowest BCUT2D eigenvalue weighted by Gasteiger charge is -2.34. The Morgan fingerprint density at radius 3 is 2.59 bits per heavy atom. The third-order valence-electron chi connectivity index (χ3n) is 4.24. The van der Waals surface area contributed by atoms with E-state index in [1.54, 1.807) is 23.4 Å². The second-order valence-electron chi connectivity index (χ2n) is 6.07. The normalized spacial score (nSPS) is 15.2. The Balaban J connectivity index is 1.72. The zero-order valence-corrected chi connectivity index (χ0v) is 14.8. The minimum Gasteiger partial charge on any atom is -0.335 e. The van der Waals surface area contributed by atoms with Crippen molar-refractivity contribution in [3.8, 4) is 0 Å². The van der Waals surface area contributed by atoms with Gasteiger partial charge >= 0.3 is 6.18 Å². The summed E-state index contributed by atoms with van der Waals surface area (Å²) >= 11 is 5.81. The Morgan fingerprint density at radius 1 is 1.19 bits per heavy atom. The van der Waals surface area contributed by atoms with Crippen molar-refractivity contribution in [2.24, 2.45) is 0 Å². The van der Waals surface area contributed by atoms with Crippen molar-refractivity contribution >= 4 is 23.4 Å². The van der Waals surface area contributed by atoms with Gasteiger partial charge in [-0.25, -0.2) is 0 Å². The number of piperazine rings is 1. The molecule has 0 saturated carbocycles. The zero-order chi connectivity index (χ0) is 19.6. The van der Waals surface area contributed by atoms with Crippen molar-refractivity contribution in [3.05, 3.63) is 64.4 Å². The summed E-state index contributed by atoms with van der Waals surface area (Å²) in [5, 5.41) is -0.653. The molecule has 2 amide bonds. The van der Waals surface area contributed by atoms with Gasteiger partial charge in [0.1, 0.15) is 6.54 Å². The maximum Gasteiger partial charge on any atom is 0.417 e. The van der Waals surface area contributed by atoms with Crippen LogP contribution < -0.4 is 0 Å². The van der Waals surface area contributed by atoms with Crippen LogP contribution in [0.3, 0.4) is 0 Å². The third kappa shape index (κ3) is 4.21. The van der Waals surface area contributed by atoms with Gasteiger partial charge in [0.25, 0.3) is 5.91 Å². The Hall–Kier alpha value is -2.61. The molecule has 1 fully saturated rings. The van der Waals surface area contributed by atoms with E-state index in [9.17, 15) is 22.8 Å². The average Bonchev–Trinajstić information content (AvgIpc) is 2.63. The van der Waals surface area contributed by atoms with Gasteiger partial charge in [0.05, 0.1) is 16.1 Å². The third-order valence-corrected chi connectivity index (χ3v) is 4.64. The quantitative estimate of drug-likeness (QED) is 0.799. The number of amides is 2. The molecule has 0 atom stereocenters. The Kier molecular flexibility index (Phi) is 5.36. The molecule has 0 radical (unpaired) electrons. The standard InChI is InChI=1S/C18H15ClF3N3O2/c19-16-13(4-1-5-14(16)18(20,21)22)17(27)25-8-7-24(15(26)11-25)10-12-3-2-6-23-9-12/h1-6,9H,7-8,10-11H2. The number of halogens is 4. The van der Waals surface area contributed by atoms with Crippen molar-refractivity contribution < 1.29 is 22.8 Å². The van der Waals surface area contributed by atoms with Crippen molar-refractivity contribution in [2.45, 2.75) is 12.7 Å². The molecular formula is C18H15ClF3N3O2. The summed E-state index contributed by atoms with van der Waals surface area (Å²) in [6, 6.07) is 6.76. The van der Waals surface area contributed by atoms with E-state index < -0.39 is 22.7 Å². The van der Waals surface area contributed by atoms with E-state index in [0.29, 0.717) is 6.54 Å². The molecule has 1 saturated heterocycles. The summed E-state index contributed by atoms with van der Waals surface area (Å²) in [5.74, 6) is -0.984. The van der Waals surface area contributed by atoms with Crippen LogP contribution in [0.25, 0.3) is 0 Å². The molecule has 2 aromatic rings. The number of pyridine rings is 1. The molecule has 1 aromatic carbocycles. The molecule has 0 spiro atoms. The molecule has 2 heterocycles. The van der Waals surface area contributed by atoms with Crippen LogP contribution in [-0.2, 0) is 17.5 Å². The molecule has 1 aromatic heterocycles. The minimum atomic E-state index is -4.66. The molecule has 27 heavy (non-hydrogen) atoms. The molecular weight excluding hydrogens is 383 g/mol. The van der Waals surface area contributed by atoms with Gasteiger partial charge in [-0.15, -0.1) is 0 Å². The maximum atomic E-state index is 13.0. The summed E-state index contributed by atoms with van der Waals surface area (Å²) < 4.78 is 38.9. The number of hydrogen-bond acceptors (Lipinski definition) is 3. The molecule has 0 N–H and O–H groups in total. The van der Waals surface area contributed by atoms with Crippen molar-refractivity contribution in [1.29, 1.82) is 0 Å².